The smallest absolute Gasteiger partial charge is 0.165 e. The van der Waals surface area contributed by atoms with Crippen molar-refractivity contribution in [2.24, 2.45) is 0 Å². The van der Waals surface area contributed by atoms with Crippen LogP contribution in [0.1, 0.15) is 5.69 Å². The lowest BCUT2D eigenvalue weighted by molar-refractivity contribution is 0.628. The molecule has 0 saturated heterocycles. The number of nitrogens with zero attached hydrogens (tertiary/aromatic N) is 2. The second kappa shape index (κ2) is 4.90. The van der Waals surface area contributed by atoms with Gasteiger partial charge in [-0.1, -0.05) is 11.6 Å². The van der Waals surface area contributed by atoms with Crippen molar-refractivity contribution in [1.82, 2.24) is 4.98 Å². The number of nitriles is 1. The number of rotatable bonds is 2. The third-order valence-corrected chi connectivity index (χ3v) is 2.54. The summed E-state index contributed by atoms with van der Waals surface area (Å²) in [7, 11) is 0. The first-order valence-electron chi connectivity index (χ1n) is 4.99. The Labute approximate surface area is 108 Å². The fraction of sp³-hybridized carbons (Fsp3) is 0. The van der Waals surface area contributed by atoms with Gasteiger partial charge in [0, 0.05) is 0 Å². The predicted octanol–water partition coefficient (Wildman–Crippen LogP) is 3.07. The zero-order chi connectivity index (χ0) is 13.1. The highest BCUT2D eigenvalue weighted by Crippen LogP contribution is 2.25. The van der Waals surface area contributed by atoms with Crippen molar-refractivity contribution in [2.75, 3.05) is 11.1 Å². The molecule has 2 rings (SSSR count). The maximum absolute atomic E-state index is 12.9. The Morgan fingerprint density at radius 1 is 1.33 bits per heavy atom. The summed E-state index contributed by atoms with van der Waals surface area (Å²) in [6.45, 7) is 0. The second-order valence-electron chi connectivity index (χ2n) is 3.50. The minimum Gasteiger partial charge on any atom is -0.396 e. The third kappa shape index (κ3) is 2.50. The van der Waals surface area contributed by atoms with Crippen LogP contribution in [0, 0.1) is 17.1 Å². The van der Waals surface area contributed by atoms with Gasteiger partial charge in [-0.15, -0.1) is 0 Å². The molecule has 6 heteroatoms. The van der Waals surface area contributed by atoms with Crippen LogP contribution in [0.15, 0.2) is 30.3 Å². The number of nitrogen functional groups attached to an aromatic ring is 1. The van der Waals surface area contributed by atoms with E-state index in [0.717, 1.165) is 0 Å². The summed E-state index contributed by atoms with van der Waals surface area (Å²) in [6.07, 6.45) is 0. The predicted molar refractivity (Wildman–Crippen MR) is 68.1 cm³/mol. The number of benzene rings is 1. The summed E-state index contributed by atoms with van der Waals surface area (Å²) in [4.78, 5) is 4.00. The molecule has 4 nitrogen and oxygen atoms in total. The molecule has 0 atom stereocenters. The van der Waals surface area contributed by atoms with Crippen LogP contribution in [0.2, 0.25) is 5.02 Å². The number of pyridine rings is 1. The Hall–Kier alpha value is -2.32. The van der Waals surface area contributed by atoms with Crippen molar-refractivity contribution in [3.63, 3.8) is 0 Å². The minimum absolute atomic E-state index is 0.123. The maximum Gasteiger partial charge on any atom is 0.165 e. The van der Waals surface area contributed by atoms with E-state index in [-0.39, 0.29) is 10.7 Å². The molecule has 0 spiro atoms. The molecular formula is C12H8ClFN4. The van der Waals surface area contributed by atoms with Gasteiger partial charge in [-0.25, -0.2) is 9.37 Å². The van der Waals surface area contributed by atoms with Crippen molar-refractivity contribution in [1.29, 1.82) is 5.26 Å². The van der Waals surface area contributed by atoms with Crippen molar-refractivity contribution in [3.8, 4) is 6.07 Å². The van der Waals surface area contributed by atoms with Gasteiger partial charge in [-0.05, 0) is 30.3 Å². The van der Waals surface area contributed by atoms with Crippen LogP contribution in [-0.2, 0) is 0 Å². The normalized spacial score (nSPS) is 9.83. The fourth-order valence-electron chi connectivity index (χ4n) is 1.36. The first-order valence-corrected chi connectivity index (χ1v) is 5.36. The number of hydrogen-bond donors (Lipinski definition) is 2. The Balaban J connectivity index is 2.32. The maximum atomic E-state index is 12.9. The van der Waals surface area contributed by atoms with E-state index in [0.29, 0.717) is 17.2 Å². The molecule has 0 bridgehead atoms. The molecule has 3 N–H and O–H groups in total. The quantitative estimate of drug-likeness (QED) is 0.872. The van der Waals surface area contributed by atoms with Gasteiger partial charge in [0.1, 0.15) is 17.7 Å². The summed E-state index contributed by atoms with van der Waals surface area (Å²) in [5, 5.41) is 11.9. The molecule has 90 valence electrons. The first-order chi connectivity index (χ1) is 8.60. The average molecular weight is 263 g/mol. The molecule has 0 aliphatic carbocycles. The molecule has 0 amide bonds. The zero-order valence-corrected chi connectivity index (χ0v) is 9.87. The lowest BCUT2D eigenvalue weighted by atomic mass is 10.3. The van der Waals surface area contributed by atoms with Gasteiger partial charge < -0.3 is 11.1 Å². The topological polar surface area (TPSA) is 74.7 Å². The minimum atomic E-state index is -0.423. The largest absolute Gasteiger partial charge is 0.396 e. The Morgan fingerprint density at radius 2 is 2.11 bits per heavy atom. The molecule has 0 saturated carbocycles. The summed E-state index contributed by atoms with van der Waals surface area (Å²) < 4.78 is 12.9. The van der Waals surface area contributed by atoms with Gasteiger partial charge in [0.2, 0.25) is 0 Å². The lowest BCUT2D eigenvalue weighted by Crippen LogP contribution is -1.99. The van der Waals surface area contributed by atoms with Crippen LogP contribution in [-0.4, -0.2) is 4.98 Å². The van der Waals surface area contributed by atoms with Gasteiger partial charge in [-0.2, -0.15) is 5.26 Å². The number of halogens is 2. The summed E-state index contributed by atoms with van der Waals surface area (Å²) in [6, 6.07) is 8.99. The van der Waals surface area contributed by atoms with Crippen molar-refractivity contribution < 1.29 is 4.39 Å². The van der Waals surface area contributed by atoms with E-state index in [4.69, 9.17) is 22.6 Å². The van der Waals surface area contributed by atoms with Gasteiger partial charge >= 0.3 is 0 Å². The van der Waals surface area contributed by atoms with E-state index in [1.807, 2.05) is 6.07 Å². The van der Waals surface area contributed by atoms with Crippen LogP contribution < -0.4 is 11.1 Å². The SMILES string of the molecule is N#Cc1nc(Nc2ccc(F)cc2Cl)ccc1N. The Morgan fingerprint density at radius 3 is 2.78 bits per heavy atom. The highest BCUT2D eigenvalue weighted by Gasteiger charge is 2.05. The monoisotopic (exact) mass is 262 g/mol. The van der Waals surface area contributed by atoms with Gasteiger partial charge in [0.05, 0.1) is 16.4 Å². The van der Waals surface area contributed by atoms with E-state index in [2.05, 4.69) is 10.3 Å². The highest BCUT2D eigenvalue weighted by atomic mass is 35.5. The number of nitrogens with two attached hydrogens (primary N) is 1. The van der Waals surface area contributed by atoms with Crippen LogP contribution >= 0.6 is 11.6 Å². The van der Waals surface area contributed by atoms with E-state index in [1.54, 1.807) is 12.1 Å². The number of hydrogen-bond acceptors (Lipinski definition) is 4. The highest BCUT2D eigenvalue weighted by molar-refractivity contribution is 6.33. The van der Waals surface area contributed by atoms with Crippen molar-refractivity contribution in [2.45, 2.75) is 0 Å². The van der Waals surface area contributed by atoms with Crippen LogP contribution in [0.25, 0.3) is 0 Å². The molecule has 2 aromatic rings. The fourth-order valence-corrected chi connectivity index (χ4v) is 1.57. The van der Waals surface area contributed by atoms with Crippen molar-refractivity contribution in [3.05, 3.63) is 46.9 Å². The Bertz CT molecular complexity index is 636. The molecule has 0 aliphatic heterocycles. The molecule has 18 heavy (non-hydrogen) atoms. The molecule has 1 heterocycles. The third-order valence-electron chi connectivity index (χ3n) is 2.23. The summed E-state index contributed by atoms with van der Waals surface area (Å²) in [5.74, 6) is -0.0113. The number of nitrogens with one attached hydrogen (secondary N) is 1. The standard InChI is InChI=1S/C12H8ClFN4/c13-8-5-7(14)1-3-10(8)17-12-4-2-9(16)11(6-15)18-12/h1-5H,16H2,(H,17,18). The van der Waals surface area contributed by atoms with Crippen LogP contribution in [0.5, 0.6) is 0 Å². The zero-order valence-electron chi connectivity index (χ0n) is 9.11. The molecule has 1 aromatic heterocycles. The molecular weight excluding hydrogens is 255 g/mol. The lowest BCUT2D eigenvalue weighted by Gasteiger charge is -2.08. The Kier molecular flexibility index (Phi) is 3.31. The van der Waals surface area contributed by atoms with Crippen LogP contribution in [0.3, 0.4) is 0 Å². The van der Waals surface area contributed by atoms with Crippen LogP contribution in [0.4, 0.5) is 21.6 Å². The number of aromatic nitrogens is 1. The average Bonchev–Trinajstić information content (AvgIpc) is 2.35. The van der Waals surface area contributed by atoms with E-state index in [9.17, 15) is 4.39 Å². The molecule has 0 aliphatic rings. The van der Waals surface area contributed by atoms with Gasteiger partial charge in [-0.3, -0.25) is 0 Å². The van der Waals surface area contributed by atoms with E-state index >= 15 is 0 Å². The number of anilines is 3. The summed E-state index contributed by atoms with van der Waals surface area (Å²) >= 11 is 5.86. The summed E-state index contributed by atoms with van der Waals surface area (Å²) in [5.41, 5.74) is 6.48. The van der Waals surface area contributed by atoms with Gasteiger partial charge in [0.25, 0.3) is 0 Å². The van der Waals surface area contributed by atoms with E-state index in [1.165, 1.54) is 18.2 Å². The molecule has 0 fully saturated rings. The molecule has 0 unspecified atom stereocenters. The van der Waals surface area contributed by atoms with Gasteiger partial charge in [0.15, 0.2) is 5.69 Å². The second-order valence-corrected chi connectivity index (χ2v) is 3.90. The van der Waals surface area contributed by atoms with E-state index < -0.39 is 5.82 Å². The first kappa shape index (κ1) is 12.1. The molecule has 1 aromatic carbocycles. The molecule has 0 radical (unpaired) electrons. The van der Waals surface area contributed by atoms with Crippen molar-refractivity contribution >= 4 is 28.8 Å².